The van der Waals surface area contributed by atoms with Crippen LogP contribution in [0.25, 0.3) is 0 Å². The molecule has 0 aromatic rings. The van der Waals surface area contributed by atoms with Crippen LogP contribution in [-0.2, 0) is 4.79 Å². The smallest absolute Gasteiger partial charge is 0.332 e. The first kappa shape index (κ1) is 12.8. The van der Waals surface area contributed by atoms with E-state index in [4.69, 9.17) is 10.2 Å². The van der Waals surface area contributed by atoms with Crippen molar-refractivity contribution in [2.75, 3.05) is 19.6 Å². The van der Waals surface area contributed by atoms with E-state index in [-0.39, 0.29) is 19.0 Å². The second-order valence-corrected chi connectivity index (χ2v) is 3.92. The maximum Gasteiger partial charge on any atom is 0.332 e. The largest absolute Gasteiger partial charge is 0.479 e. The van der Waals surface area contributed by atoms with Crippen molar-refractivity contribution < 1.29 is 19.8 Å². The molecule has 6 nitrogen and oxygen atoms in total. The minimum Gasteiger partial charge on any atom is -0.479 e. The molecule has 0 spiro atoms. The first-order valence-electron chi connectivity index (χ1n) is 5.55. The molecule has 6 heteroatoms. The van der Waals surface area contributed by atoms with Gasteiger partial charge in [0.25, 0.3) is 0 Å². The molecule has 1 fully saturated rings. The van der Waals surface area contributed by atoms with Crippen molar-refractivity contribution >= 4 is 12.0 Å². The van der Waals surface area contributed by atoms with E-state index in [2.05, 4.69) is 5.32 Å². The van der Waals surface area contributed by atoms with E-state index in [9.17, 15) is 9.59 Å². The van der Waals surface area contributed by atoms with E-state index in [1.807, 2.05) is 0 Å². The number of carboxylic acids is 1. The SMILES string of the molecule is O=C(O)C(O)CCNC(=O)N1CCCCC1. The number of aliphatic hydroxyl groups is 1. The fraction of sp³-hybridized carbons (Fsp3) is 0.800. The molecule has 0 aliphatic carbocycles. The summed E-state index contributed by atoms with van der Waals surface area (Å²) in [7, 11) is 0. The summed E-state index contributed by atoms with van der Waals surface area (Å²) in [4.78, 5) is 23.6. The zero-order chi connectivity index (χ0) is 12.0. The summed E-state index contributed by atoms with van der Waals surface area (Å²) in [5.41, 5.74) is 0. The van der Waals surface area contributed by atoms with E-state index in [1.54, 1.807) is 4.90 Å². The van der Waals surface area contributed by atoms with Gasteiger partial charge in [-0.3, -0.25) is 0 Å². The maximum atomic E-state index is 11.5. The maximum absolute atomic E-state index is 11.5. The van der Waals surface area contributed by atoms with Crippen molar-refractivity contribution in [3.63, 3.8) is 0 Å². The Morgan fingerprint density at radius 3 is 2.44 bits per heavy atom. The Kier molecular flexibility index (Phi) is 5.04. The molecule has 2 amide bonds. The zero-order valence-corrected chi connectivity index (χ0v) is 9.19. The van der Waals surface area contributed by atoms with Crippen molar-refractivity contribution in [1.82, 2.24) is 10.2 Å². The fourth-order valence-corrected chi connectivity index (χ4v) is 1.65. The monoisotopic (exact) mass is 230 g/mol. The van der Waals surface area contributed by atoms with E-state index in [1.165, 1.54) is 0 Å². The number of likely N-dealkylation sites (tertiary alicyclic amines) is 1. The Morgan fingerprint density at radius 1 is 1.25 bits per heavy atom. The number of amides is 2. The van der Waals surface area contributed by atoms with Gasteiger partial charge in [0, 0.05) is 26.1 Å². The highest BCUT2D eigenvalue weighted by Crippen LogP contribution is 2.08. The average Bonchev–Trinajstić information content (AvgIpc) is 2.29. The van der Waals surface area contributed by atoms with Gasteiger partial charge in [0.1, 0.15) is 0 Å². The molecule has 1 aliphatic rings. The molecule has 1 heterocycles. The molecular weight excluding hydrogens is 212 g/mol. The number of rotatable bonds is 4. The second-order valence-electron chi connectivity index (χ2n) is 3.92. The molecule has 92 valence electrons. The van der Waals surface area contributed by atoms with Gasteiger partial charge in [0.2, 0.25) is 0 Å². The molecule has 3 N–H and O–H groups in total. The molecule has 16 heavy (non-hydrogen) atoms. The number of aliphatic hydroxyl groups excluding tert-OH is 1. The third kappa shape index (κ3) is 4.06. The van der Waals surface area contributed by atoms with Crippen LogP contribution in [0.3, 0.4) is 0 Å². The summed E-state index contributed by atoms with van der Waals surface area (Å²) in [6, 6.07) is -0.169. The lowest BCUT2D eigenvalue weighted by Crippen LogP contribution is -2.43. The third-order valence-corrected chi connectivity index (χ3v) is 2.62. The van der Waals surface area contributed by atoms with Gasteiger partial charge in [-0.1, -0.05) is 0 Å². The number of carbonyl (C=O) groups is 2. The quantitative estimate of drug-likeness (QED) is 0.635. The Hall–Kier alpha value is -1.30. The van der Waals surface area contributed by atoms with E-state index in [0.29, 0.717) is 0 Å². The van der Waals surface area contributed by atoms with Gasteiger partial charge in [0.15, 0.2) is 6.10 Å². The molecule has 1 saturated heterocycles. The van der Waals surface area contributed by atoms with Crippen LogP contribution in [-0.4, -0.2) is 52.9 Å². The normalized spacial score (nSPS) is 17.9. The minimum atomic E-state index is -1.40. The van der Waals surface area contributed by atoms with Crippen LogP contribution < -0.4 is 5.32 Å². The highest BCUT2D eigenvalue weighted by atomic mass is 16.4. The minimum absolute atomic E-state index is 0.0366. The van der Waals surface area contributed by atoms with E-state index >= 15 is 0 Å². The second kappa shape index (κ2) is 6.32. The summed E-state index contributed by atoms with van der Waals surface area (Å²) in [5, 5.41) is 20.0. The average molecular weight is 230 g/mol. The number of hydrogen-bond donors (Lipinski definition) is 3. The van der Waals surface area contributed by atoms with Gasteiger partial charge in [0.05, 0.1) is 0 Å². The number of hydrogen-bond acceptors (Lipinski definition) is 3. The van der Waals surface area contributed by atoms with Crippen LogP contribution in [0.1, 0.15) is 25.7 Å². The van der Waals surface area contributed by atoms with Crippen LogP contribution >= 0.6 is 0 Å². The van der Waals surface area contributed by atoms with Crippen LogP contribution in [0.5, 0.6) is 0 Å². The van der Waals surface area contributed by atoms with Gasteiger partial charge in [-0.2, -0.15) is 0 Å². The predicted octanol–water partition coefficient (Wildman–Crippen LogP) is 0.0175. The number of piperidine rings is 1. The van der Waals surface area contributed by atoms with Gasteiger partial charge >= 0.3 is 12.0 Å². The summed E-state index contributed by atoms with van der Waals surface area (Å²) in [5.74, 6) is -1.26. The van der Waals surface area contributed by atoms with Crippen molar-refractivity contribution in [3.8, 4) is 0 Å². The van der Waals surface area contributed by atoms with Crippen molar-refractivity contribution in [2.24, 2.45) is 0 Å². The Morgan fingerprint density at radius 2 is 1.88 bits per heavy atom. The molecule has 0 aromatic carbocycles. The topological polar surface area (TPSA) is 89.9 Å². The van der Waals surface area contributed by atoms with Gasteiger partial charge in [-0.15, -0.1) is 0 Å². The number of nitrogens with one attached hydrogen (secondary N) is 1. The number of nitrogens with zero attached hydrogens (tertiary/aromatic N) is 1. The molecule has 0 aromatic heterocycles. The third-order valence-electron chi connectivity index (χ3n) is 2.62. The van der Waals surface area contributed by atoms with Crippen molar-refractivity contribution in [2.45, 2.75) is 31.8 Å². The molecule has 0 bridgehead atoms. The van der Waals surface area contributed by atoms with Crippen molar-refractivity contribution in [3.05, 3.63) is 0 Å². The molecule has 1 rings (SSSR count). The van der Waals surface area contributed by atoms with Gasteiger partial charge in [-0.25, -0.2) is 9.59 Å². The first-order chi connectivity index (χ1) is 7.61. The Bertz CT molecular complexity index is 251. The molecule has 1 unspecified atom stereocenters. The lowest BCUT2D eigenvalue weighted by atomic mass is 10.1. The first-order valence-corrected chi connectivity index (χ1v) is 5.55. The van der Waals surface area contributed by atoms with Gasteiger partial charge < -0.3 is 20.4 Å². The lowest BCUT2D eigenvalue weighted by molar-refractivity contribution is -0.146. The van der Waals surface area contributed by atoms with Crippen molar-refractivity contribution in [1.29, 1.82) is 0 Å². The standard InChI is InChI=1S/C10H18N2O4/c13-8(9(14)15)4-5-11-10(16)12-6-2-1-3-7-12/h8,13H,1-7H2,(H,11,16)(H,14,15). The highest BCUT2D eigenvalue weighted by molar-refractivity contribution is 5.74. The highest BCUT2D eigenvalue weighted by Gasteiger charge is 2.17. The van der Waals surface area contributed by atoms with Crippen LogP contribution in [0.2, 0.25) is 0 Å². The molecule has 1 atom stereocenters. The Balaban J connectivity index is 2.16. The number of aliphatic carboxylic acids is 1. The molecule has 0 saturated carbocycles. The number of carboxylic acid groups (broad SMARTS) is 1. The van der Waals surface area contributed by atoms with E-state index in [0.717, 1.165) is 32.4 Å². The molecule has 0 radical (unpaired) electrons. The zero-order valence-electron chi connectivity index (χ0n) is 9.19. The molecule has 1 aliphatic heterocycles. The van der Waals surface area contributed by atoms with E-state index < -0.39 is 12.1 Å². The molecular formula is C10H18N2O4. The fourth-order valence-electron chi connectivity index (χ4n) is 1.65. The number of urea groups is 1. The van der Waals surface area contributed by atoms with Crippen LogP contribution in [0.4, 0.5) is 4.79 Å². The van der Waals surface area contributed by atoms with Gasteiger partial charge in [-0.05, 0) is 19.3 Å². The summed E-state index contributed by atoms with van der Waals surface area (Å²) >= 11 is 0. The Labute approximate surface area is 94.2 Å². The summed E-state index contributed by atoms with van der Waals surface area (Å²) in [6.07, 6.45) is 1.83. The predicted molar refractivity (Wildman–Crippen MR) is 57.1 cm³/mol. The van der Waals surface area contributed by atoms with Crippen LogP contribution in [0.15, 0.2) is 0 Å². The summed E-state index contributed by atoms with van der Waals surface area (Å²) < 4.78 is 0. The lowest BCUT2D eigenvalue weighted by Gasteiger charge is -2.26. The number of carbonyl (C=O) groups excluding carboxylic acids is 1. The van der Waals surface area contributed by atoms with Crippen LogP contribution in [0, 0.1) is 0 Å². The summed E-state index contributed by atoms with van der Waals surface area (Å²) in [6.45, 7) is 1.70.